The Morgan fingerprint density at radius 3 is 2.78 bits per heavy atom. The van der Waals surface area contributed by atoms with E-state index >= 15 is 0 Å². The van der Waals surface area contributed by atoms with Crippen molar-refractivity contribution < 1.29 is 0 Å². The van der Waals surface area contributed by atoms with Gasteiger partial charge >= 0.3 is 0 Å². The summed E-state index contributed by atoms with van der Waals surface area (Å²) >= 11 is 0. The van der Waals surface area contributed by atoms with Crippen molar-refractivity contribution in [2.24, 2.45) is 0 Å². The van der Waals surface area contributed by atoms with E-state index in [1.807, 2.05) is 0 Å². The summed E-state index contributed by atoms with van der Waals surface area (Å²) in [4.78, 5) is 6.57. The van der Waals surface area contributed by atoms with Crippen molar-refractivity contribution in [3.63, 3.8) is 0 Å². The Kier molecular flexibility index (Phi) is 5.44. The molecule has 0 spiro atoms. The SMILES string of the molecule is CCCCN(c1nccc(C#N)c1N)C(C)CC. The van der Waals surface area contributed by atoms with E-state index in [1.54, 1.807) is 12.3 Å². The molecule has 0 aliphatic carbocycles. The van der Waals surface area contributed by atoms with Crippen molar-refractivity contribution in [1.29, 1.82) is 5.26 Å². The van der Waals surface area contributed by atoms with Gasteiger partial charge in [-0.15, -0.1) is 0 Å². The summed E-state index contributed by atoms with van der Waals surface area (Å²) in [7, 11) is 0. The molecule has 1 rings (SSSR count). The van der Waals surface area contributed by atoms with E-state index in [0.717, 1.165) is 31.6 Å². The Hall–Kier alpha value is -1.76. The van der Waals surface area contributed by atoms with Gasteiger partial charge in [-0.25, -0.2) is 4.98 Å². The lowest BCUT2D eigenvalue weighted by Crippen LogP contribution is -2.35. The molecule has 0 radical (unpaired) electrons. The lowest BCUT2D eigenvalue weighted by molar-refractivity contribution is 0.590. The van der Waals surface area contributed by atoms with Crippen LogP contribution >= 0.6 is 0 Å². The third-order valence-corrected chi connectivity index (χ3v) is 3.24. The first-order valence-electron chi connectivity index (χ1n) is 6.56. The minimum absolute atomic E-state index is 0.375. The van der Waals surface area contributed by atoms with Gasteiger partial charge in [-0.05, 0) is 25.8 Å². The molecule has 0 amide bonds. The number of pyridine rings is 1. The second kappa shape index (κ2) is 6.85. The minimum atomic E-state index is 0.375. The molecule has 0 aliphatic rings. The number of aromatic nitrogens is 1. The average molecular weight is 246 g/mol. The molecule has 2 N–H and O–H groups in total. The predicted molar refractivity (Wildman–Crippen MR) is 75.4 cm³/mol. The maximum atomic E-state index is 9.02. The van der Waals surface area contributed by atoms with Crippen molar-refractivity contribution in [1.82, 2.24) is 4.98 Å². The van der Waals surface area contributed by atoms with Crippen LogP contribution in [0.5, 0.6) is 0 Å². The van der Waals surface area contributed by atoms with Crippen LogP contribution in [0, 0.1) is 11.3 Å². The second-order valence-corrected chi connectivity index (χ2v) is 4.51. The monoisotopic (exact) mass is 246 g/mol. The van der Waals surface area contributed by atoms with Crippen molar-refractivity contribution in [3.8, 4) is 6.07 Å². The lowest BCUT2D eigenvalue weighted by atomic mass is 10.1. The van der Waals surface area contributed by atoms with E-state index in [0.29, 0.717) is 17.3 Å². The fourth-order valence-corrected chi connectivity index (χ4v) is 1.87. The lowest BCUT2D eigenvalue weighted by Gasteiger charge is -2.30. The Labute approximate surface area is 109 Å². The molecule has 98 valence electrons. The van der Waals surface area contributed by atoms with Gasteiger partial charge in [0.2, 0.25) is 0 Å². The number of anilines is 2. The summed E-state index contributed by atoms with van der Waals surface area (Å²) in [5.41, 5.74) is 7.03. The van der Waals surface area contributed by atoms with E-state index < -0.39 is 0 Å². The molecule has 1 heterocycles. The number of unbranched alkanes of at least 4 members (excludes halogenated alkanes) is 1. The van der Waals surface area contributed by atoms with Crippen LogP contribution in [0.15, 0.2) is 12.3 Å². The van der Waals surface area contributed by atoms with Crippen molar-refractivity contribution in [3.05, 3.63) is 17.8 Å². The summed E-state index contributed by atoms with van der Waals surface area (Å²) in [5, 5.41) is 9.02. The smallest absolute Gasteiger partial charge is 0.153 e. The first-order valence-corrected chi connectivity index (χ1v) is 6.56. The van der Waals surface area contributed by atoms with Crippen molar-refractivity contribution >= 4 is 11.5 Å². The van der Waals surface area contributed by atoms with Gasteiger partial charge in [0.15, 0.2) is 5.82 Å². The number of rotatable bonds is 6. The standard InChI is InChI=1S/C14H22N4/c1-4-6-9-18(11(3)5-2)14-13(16)12(10-15)7-8-17-14/h7-8,11H,4-6,9,16H2,1-3H3. The molecule has 4 nitrogen and oxygen atoms in total. The Bertz CT molecular complexity index is 422. The Morgan fingerprint density at radius 1 is 1.50 bits per heavy atom. The molecular formula is C14H22N4. The molecule has 0 saturated heterocycles. The summed E-state index contributed by atoms with van der Waals surface area (Å²) in [6.45, 7) is 7.40. The van der Waals surface area contributed by atoms with Crippen LogP contribution < -0.4 is 10.6 Å². The van der Waals surface area contributed by atoms with E-state index in [-0.39, 0.29) is 0 Å². The molecule has 1 aromatic heterocycles. The molecule has 0 aliphatic heterocycles. The van der Waals surface area contributed by atoms with Gasteiger partial charge in [0.1, 0.15) is 6.07 Å². The van der Waals surface area contributed by atoms with Gasteiger partial charge in [0.05, 0.1) is 11.3 Å². The summed E-state index contributed by atoms with van der Waals surface area (Å²) in [5.74, 6) is 0.747. The van der Waals surface area contributed by atoms with Crippen molar-refractivity contribution in [2.75, 3.05) is 17.2 Å². The van der Waals surface area contributed by atoms with Crippen LogP contribution in [0.2, 0.25) is 0 Å². The number of nitriles is 1. The largest absolute Gasteiger partial charge is 0.395 e. The highest BCUT2D eigenvalue weighted by Gasteiger charge is 2.17. The van der Waals surface area contributed by atoms with Crippen LogP contribution in [-0.4, -0.2) is 17.6 Å². The van der Waals surface area contributed by atoms with Crippen LogP contribution in [0.1, 0.15) is 45.6 Å². The number of nitrogens with zero attached hydrogens (tertiary/aromatic N) is 3. The molecule has 1 unspecified atom stereocenters. The van der Waals surface area contributed by atoms with Crippen LogP contribution in [0.25, 0.3) is 0 Å². The molecule has 0 aromatic carbocycles. The van der Waals surface area contributed by atoms with E-state index in [1.165, 1.54) is 0 Å². The fourth-order valence-electron chi connectivity index (χ4n) is 1.87. The Morgan fingerprint density at radius 2 is 2.22 bits per heavy atom. The minimum Gasteiger partial charge on any atom is -0.395 e. The quantitative estimate of drug-likeness (QED) is 0.838. The molecule has 0 fully saturated rings. The summed E-state index contributed by atoms with van der Waals surface area (Å²) in [6, 6.07) is 4.15. The third-order valence-electron chi connectivity index (χ3n) is 3.24. The summed E-state index contributed by atoms with van der Waals surface area (Å²) in [6.07, 6.45) is 4.92. The van der Waals surface area contributed by atoms with E-state index in [2.05, 4.69) is 36.7 Å². The zero-order valence-corrected chi connectivity index (χ0v) is 11.5. The van der Waals surface area contributed by atoms with Crippen molar-refractivity contribution in [2.45, 2.75) is 46.1 Å². The highest BCUT2D eigenvalue weighted by atomic mass is 15.2. The topological polar surface area (TPSA) is 65.9 Å². The maximum Gasteiger partial charge on any atom is 0.153 e. The molecule has 0 bridgehead atoms. The van der Waals surface area contributed by atoms with Gasteiger partial charge in [0.25, 0.3) is 0 Å². The second-order valence-electron chi connectivity index (χ2n) is 4.51. The first-order chi connectivity index (χ1) is 8.65. The highest BCUT2D eigenvalue weighted by Crippen LogP contribution is 2.26. The number of nitrogens with two attached hydrogens (primary N) is 1. The molecule has 4 heteroatoms. The van der Waals surface area contributed by atoms with Gasteiger partial charge in [-0.2, -0.15) is 5.26 Å². The van der Waals surface area contributed by atoms with Gasteiger partial charge in [-0.3, -0.25) is 0 Å². The molecular weight excluding hydrogens is 224 g/mol. The third kappa shape index (κ3) is 3.13. The van der Waals surface area contributed by atoms with Crippen LogP contribution in [0.3, 0.4) is 0 Å². The predicted octanol–water partition coefficient (Wildman–Crippen LogP) is 2.94. The van der Waals surface area contributed by atoms with Crippen LogP contribution in [-0.2, 0) is 0 Å². The number of hydrogen-bond acceptors (Lipinski definition) is 4. The number of nitrogen functional groups attached to an aromatic ring is 1. The normalized spacial score (nSPS) is 11.9. The van der Waals surface area contributed by atoms with Gasteiger partial charge in [0, 0.05) is 18.8 Å². The first kappa shape index (κ1) is 14.3. The fraction of sp³-hybridized carbons (Fsp3) is 0.571. The van der Waals surface area contributed by atoms with E-state index in [4.69, 9.17) is 11.0 Å². The highest BCUT2D eigenvalue weighted by molar-refractivity contribution is 5.70. The summed E-state index contributed by atoms with van der Waals surface area (Å²) < 4.78 is 0. The number of hydrogen-bond donors (Lipinski definition) is 1. The van der Waals surface area contributed by atoms with Gasteiger partial charge in [-0.1, -0.05) is 20.3 Å². The average Bonchev–Trinajstić information content (AvgIpc) is 2.40. The molecule has 18 heavy (non-hydrogen) atoms. The molecule has 1 aromatic rings. The van der Waals surface area contributed by atoms with Gasteiger partial charge < -0.3 is 10.6 Å². The maximum absolute atomic E-state index is 9.02. The molecule has 0 saturated carbocycles. The zero-order chi connectivity index (χ0) is 13.5. The van der Waals surface area contributed by atoms with Crippen LogP contribution in [0.4, 0.5) is 11.5 Å². The molecule has 1 atom stereocenters. The van der Waals surface area contributed by atoms with E-state index in [9.17, 15) is 0 Å². The Balaban J connectivity index is 3.09. The zero-order valence-electron chi connectivity index (χ0n) is 11.5.